The largest absolute Gasteiger partial charge is 0.481 e. The van der Waals surface area contributed by atoms with Crippen LogP contribution < -0.4 is 0 Å². The minimum Gasteiger partial charge on any atom is -0.481 e. The highest BCUT2D eigenvalue weighted by molar-refractivity contribution is 5.66. The van der Waals surface area contributed by atoms with E-state index in [2.05, 4.69) is 18.7 Å². The molecule has 1 fully saturated rings. The highest BCUT2D eigenvalue weighted by Gasteiger charge is 2.28. The third-order valence-corrected chi connectivity index (χ3v) is 3.61. The molecular weight excluding hydrogens is 190 g/mol. The minimum atomic E-state index is -0.696. The molecule has 0 saturated heterocycles. The second-order valence-corrected chi connectivity index (χ2v) is 5.52. The van der Waals surface area contributed by atoms with Gasteiger partial charge in [-0.15, -0.1) is 0 Å². The van der Waals surface area contributed by atoms with Crippen LogP contribution in [0.5, 0.6) is 0 Å². The first-order valence-corrected chi connectivity index (χ1v) is 5.83. The molecule has 0 atom stereocenters. The summed E-state index contributed by atoms with van der Waals surface area (Å²) in [5.74, 6) is -0.696. The van der Waals surface area contributed by atoms with Gasteiger partial charge in [0.2, 0.25) is 0 Å². The highest BCUT2D eigenvalue weighted by Crippen LogP contribution is 2.36. The minimum absolute atomic E-state index is 0.260. The zero-order chi connectivity index (χ0) is 11.5. The molecule has 1 aliphatic carbocycles. The van der Waals surface area contributed by atoms with Crippen molar-refractivity contribution < 1.29 is 9.90 Å². The summed E-state index contributed by atoms with van der Waals surface area (Å²) >= 11 is 0. The van der Waals surface area contributed by atoms with Crippen molar-refractivity contribution in [2.24, 2.45) is 5.41 Å². The molecule has 0 bridgehead atoms. The second-order valence-electron chi connectivity index (χ2n) is 5.52. The van der Waals surface area contributed by atoms with Gasteiger partial charge in [-0.25, -0.2) is 0 Å². The number of aliphatic carboxylic acids is 1. The van der Waals surface area contributed by atoms with Crippen LogP contribution in [-0.4, -0.2) is 35.6 Å². The topological polar surface area (TPSA) is 40.5 Å². The second kappa shape index (κ2) is 4.97. The van der Waals surface area contributed by atoms with Crippen LogP contribution in [0.3, 0.4) is 0 Å². The molecule has 0 aromatic carbocycles. The summed E-state index contributed by atoms with van der Waals surface area (Å²) in [6.07, 6.45) is 5.20. The molecule has 0 aliphatic heterocycles. The molecule has 1 rings (SSSR count). The Labute approximate surface area is 92.5 Å². The van der Waals surface area contributed by atoms with Crippen molar-refractivity contribution in [1.29, 1.82) is 0 Å². The highest BCUT2D eigenvalue weighted by atomic mass is 16.4. The molecule has 0 amide bonds. The predicted molar refractivity (Wildman–Crippen MR) is 60.9 cm³/mol. The average molecular weight is 213 g/mol. The molecule has 0 radical (unpaired) electrons. The van der Waals surface area contributed by atoms with E-state index in [1.54, 1.807) is 0 Å². The van der Waals surface area contributed by atoms with Gasteiger partial charge in [0, 0.05) is 12.6 Å². The first-order chi connectivity index (χ1) is 6.91. The van der Waals surface area contributed by atoms with E-state index in [0.717, 1.165) is 0 Å². The van der Waals surface area contributed by atoms with Gasteiger partial charge in [-0.05, 0) is 38.1 Å². The van der Waals surface area contributed by atoms with Gasteiger partial charge in [0.1, 0.15) is 0 Å². The van der Waals surface area contributed by atoms with Gasteiger partial charge in [0.25, 0.3) is 0 Å². The Balaban J connectivity index is 2.30. The van der Waals surface area contributed by atoms with Crippen molar-refractivity contribution in [3.63, 3.8) is 0 Å². The fraction of sp³-hybridized carbons (Fsp3) is 0.917. The van der Waals surface area contributed by atoms with Crippen molar-refractivity contribution in [3.8, 4) is 0 Å². The number of rotatable bonds is 4. The molecule has 0 unspecified atom stereocenters. The molecule has 0 aromatic heterocycles. The van der Waals surface area contributed by atoms with E-state index in [1.807, 2.05) is 7.05 Å². The summed E-state index contributed by atoms with van der Waals surface area (Å²) in [6.45, 7) is 5.32. The molecule has 1 saturated carbocycles. The van der Waals surface area contributed by atoms with Crippen LogP contribution in [0.2, 0.25) is 0 Å². The molecule has 0 spiro atoms. The molecule has 0 heterocycles. The summed E-state index contributed by atoms with van der Waals surface area (Å²) in [6, 6.07) is 0.595. The van der Waals surface area contributed by atoms with Gasteiger partial charge in [0.15, 0.2) is 0 Å². The quantitative estimate of drug-likeness (QED) is 0.779. The molecular formula is C12H23NO2. The van der Waals surface area contributed by atoms with Crippen LogP contribution in [0.4, 0.5) is 0 Å². The van der Waals surface area contributed by atoms with E-state index < -0.39 is 5.97 Å². The summed E-state index contributed by atoms with van der Waals surface area (Å²) in [5.41, 5.74) is 0.490. The van der Waals surface area contributed by atoms with E-state index in [-0.39, 0.29) is 6.42 Å². The third-order valence-electron chi connectivity index (χ3n) is 3.61. The van der Waals surface area contributed by atoms with Crippen molar-refractivity contribution in [3.05, 3.63) is 0 Å². The summed E-state index contributed by atoms with van der Waals surface area (Å²) in [7, 11) is 2.05. The standard InChI is InChI=1S/C12H23NO2/c1-12(2)7-4-10(5-8-12)13(3)9-6-11(14)15/h10H,4-9H2,1-3H3,(H,14,15). The number of hydrogen-bond acceptors (Lipinski definition) is 2. The number of nitrogens with zero attached hydrogens (tertiary/aromatic N) is 1. The lowest BCUT2D eigenvalue weighted by Gasteiger charge is -2.38. The normalized spacial score (nSPS) is 21.9. The fourth-order valence-corrected chi connectivity index (χ4v) is 2.28. The molecule has 15 heavy (non-hydrogen) atoms. The van der Waals surface area contributed by atoms with Crippen molar-refractivity contribution in [2.75, 3.05) is 13.6 Å². The van der Waals surface area contributed by atoms with E-state index in [1.165, 1.54) is 25.7 Å². The van der Waals surface area contributed by atoms with Gasteiger partial charge in [-0.3, -0.25) is 4.79 Å². The van der Waals surface area contributed by atoms with E-state index in [4.69, 9.17) is 5.11 Å². The summed E-state index contributed by atoms with van der Waals surface area (Å²) in [4.78, 5) is 12.7. The number of carboxylic acids is 1. The van der Waals surface area contributed by atoms with Gasteiger partial charge >= 0.3 is 5.97 Å². The Bertz CT molecular complexity index is 216. The van der Waals surface area contributed by atoms with Gasteiger partial charge < -0.3 is 10.0 Å². The molecule has 1 N–H and O–H groups in total. The van der Waals surface area contributed by atoms with E-state index >= 15 is 0 Å². The van der Waals surface area contributed by atoms with Crippen LogP contribution in [0.1, 0.15) is 46.0 Å². The molecule has 88 valence electrons. The first kappa shape index (κ1) is 12.5. The molecule has 3 heteroatoms. The maximum atomic E-state index is 10.5. The predicted octanol–water partition coefficient (Wildman–Crippen LogP) is 2.36. The van der Waals surface area contributed by atoms with E-state index in [9.17, 15) is 4.79 Å². The van der Waals surface area contributed by atoms with Crippen LogP contribution in [0.25, 0.3) is 0 Å². The lowest BCUT2D eigenvalue weighted by atomic mass is 9.75. The van der Waals surface area contributed by atoms with Crippen LogP contribution >= 0.6 is 0 Å². The number of carbonyl (C=O) groups is 1. The van der Waals surface area contributed by atoms with E-state index in [0.29, 0.717) is 18.0 Å². The lowest BCUT2D eigenvalue weighted by molar-refractivity contribution is -0.137. The summed E-state index contributed by atoms with van der Waals surface area (Å²) in [5, 5.41) is 8.62. The van der Waals surface area contributed by atoms with Crippen LogP contribution in [-0.2, 0) is 4.79 Å². The zero-order valence-corrected chi connectivity index (χ0v) is 10.1. The first-order valence-electron chi connectivity index (χ1n) is 5.83. The zero-order valence-electron chi connectivity index (χ0n) is 10.1. The Hall–Kier alpha value is -0.570. The van der Waals surface area contributed by atoms with Gasteiger partial charge in [0.05, 0.1) is 6.42 Å². The lowest BCUT2D eigenvalue weighted by Crippen LogP contribution is -2.38. The van der Waals surface area contributed by atoms with Crippen molar-refractivity contribution in [1.82, 2.24) is 4.90 Å². The average Bonchev–Trinajstić information content (AvgIpc) is 2.14. The number of hydrogen-bond donors (Lipinski definition) is 1. The number of carboxylic acid groups (broad SMARTS) is 1. The monoisotopic (exact) mass is 213 g/mol. The fourth-order valence-electron chi connectivity index (χ4n) is 2.28. The van der Waals surface area contributed by atoms with Gasteiger partial charge in [-0.2, -0.15) is 0 Å². The van der Waals surface area contributed by atoms with Crippen LogP contribution in [0.15, 0.2) is 0 Å². The maximum Gasteiger partial charge on any atom is 0.304 e. The van der Waals surface area contributed by atoms with Crippen molar-refractivity contribution >= 4 is 5.97 Å². The van der Waals surface area contributed by atoms with Crippen molar-refractivity contribution in [2.45, 2.75) is 52.0 Å². The molecule has 3 nitrogen and oxygen atoms in total. The van der Waals surface area contributed by atoms with Gasteiger partial charge in [-0.1, -0.05) is 13.8 Å². The van der Waals surface area contributed by atoms with Crippen LogP contribution in [0, 0.1) is 5.41 Å². The molecule has 1 aliphatic rings. The Kier molecular flexibility index (Phi) is 4.14. The summed E-state index contributed by atoms with van der Waals surface area (Å²) < 4.78 is 0. The molecule has 0 aromatic rings. The maximum absolute atomic E-state index is 10.5. The third kappa shape index (κ3) is 4.20. The SMILES string of the molecule is CN(CCC(=O)O)C1CCC(C)(C)CC1. The Morgan fingerprint density at radius 3 is 2.40 bits per heavy atom. The Morgan fingerprint density at radius 2 is 1.93 bits per heavy atom. The Morgan fingerprint density at radius 1 is 1.40 bits per heavy atom. The smallest absolute Gasteiger partial charge is 0.304 e.